The van der Waals surface area contributed by atoms with Gasteiger partial charge in [-0.25, -0.2) is 0 Å². The first-order chi connectivity index (χ1) is 9.02. The van der Waals surface area contributed by atoms with Crippen LogP contribution >= 0.6 is 35.6 Å². The topological polar surface area (TPSA) is 59.6 Å². The Balaban J connectivity index is 0.00000361. The fraction of sp³-hybridized carbons (Fsp3) is 0.500. The maximum atomic E-state index is 6.16. The highest BCUT2D eigenvalue weighted by Gasteiger charge is 2.02. The van der Waals surface area contributed by atoms with Crippen LogP contribution in [0, 0.1) is 5.92 Å². The molecule has 0 aromatic heterocycles. The number of hydrogen-bond acceptors (Lipinski definition) is 2. The number of benzene rings is 1. The molecule has 1 aromatic carbocycles. The average Bonchev–Trinajstić information content (AvgIpc) is 2.38. The van der Waals surface area contributed by atoms with E-state index >= 15 is 0 Å². The smallest absolute Gasteiger partial charge is 0.188 e. The molecule has 0 heterocycles. The lowest BCUT2D eigenvalue weighted by Gasteiger charge is -2.09. The van der Waals surface area contributed by atoms with Crippen molar-refractivity contribution < 1.29 is 4.74 Å². The highest BCUT2D eigenvalue weighted by Crippen LogP contribution is 2.22. The molecule has 20 heavy (non-hydrogen) atoms. The number of halogens is 2. The van der Waals surface area contributed by atoms with E-state index in [9.17, 15) is 0 Å². The van der Waals surface area contributed by atoms with Gasteiger partial charge in [0, 0.05) is 18.1 Å². The number of nitrogens with two attached hydrogens (primary N) is 1. The molecule has 0 aliphatic heterocycles. The Hall–Kier alpha value is -0.690. The van der Waals surface area contributed by atoms with Gasteiger partial charge in [-0.1, -0.05) is 31.5 Å². The SMILES string of the molecule is COc1ccc(CCNC(N)=NCC(C)C)c(Cl)c1.I. The molecule has 0 unspecified atom stereocenters. The molecule has 0 saturated heterocycles. The Kier molecular flexibility index (Phi) is 9.75. The first-order valence-corrected chi connectivity index (χ1v) is 6.77. The molecule has 1 rings (SSSR count). The summed E-state index contributed by atoms with van der Waals surface area (Å²) in [5, 5.41) is 3.79. The highest BCUT2D eigenvalue weighted by atomic mass is 127. The Morgan fingerprint density at radius 1 is 1.45 bits per heavy atom. The summed E-state index contributed by atoms with van der Waals surface area (Å²) in [5.41, 5.74) is 6.82. The molecular weight excluding hydrogens is 389 g/mol. The third kappa shape index (κ3) is 7.19. The van der Waals surface area contributed by atoms with Crippen LogP contribution in [0.3, 0.4) is 0 Å². The Labute approximate surface area is 143 Å². The van der Waals surface area contributed by atoms with Crippen LogP contribution in [0.2, 0.25) is 5.02 Å². The van der Waals surface area contributed by atoms with Gasteiger partial charge in [-0.05, 0) is 30.0 Å². The van der Waals surface area contributed by atoms with E-state index in [2.05, 4.69) is 24.2 Å². The first kappa shape index (κ1) is 19.3. The van der Waals surface area contributed by atoms with E-state index in [-0.39, 0.29) is 24.0 Å². The van der Waals surface area contributed by atoms with Gasteiger partial charge in [0.25, 0.3) is 0 Å². The van der Waals surface area contributed by atoms with Crippen LogP contribution in [0.1, 0.15) is 19.4 Å². The molecule has 0 saturated carbocycles. The van der Waals surface area contributed by atoms with E-state index in [1.54, 1.807) is 7.11 Å². The molecule has 0 atom stereocenters. The summed E-state index contributed by atoms with van der Waals surface area (Å²) < 4.78 is 5.11. The van der Waals surface area contributed by atoms with Crippen LogP contribution in [0.4, 0.5) is 0 Å². The van der Waals surface area contributed by atoms with Gasteiger partial charge in [0.2, 0.25) is 0 Å². The molecule has 0 aliphatic rings. The monoisotopic (exact) mass is 411 g/mol. The predicted molar refractivity (Wildman–Crippen MR) is 96.5 cm³/mol. The van der Waals surface area contributed by atoms with E-state index in [1.807, 2.05) is 18.2 Å². The Morgan fingerprint density at radius 2 is 2.15 bits per heavy atom. The summed E-state index contributed by atoms with van der Waals surface area (Å²) in [4.78, 5) is 4.23. The van der Waals surface area contributed by atoms with Crippen molar-refractivity contribution in [1.82, 2.24) is 5.32 Å². The molecule has 6 heteroatoms. The van der Waals surface area contributed by atoms with Gasteiger partial charge in [-0.3, -0.25) is 4.99 Å². The van der Waals surface area contributed by atoms with Crippen molar-refractivity contribution >= 4 is 41.5 Å². The van der Waals surface area contributed by atoms with Crippen molar-refractivity contribution in [2.75, 3.05) is 20.2 Å². The summed E-state index contributed by atoms with van der Waals surface area (Å²) in [5.74, 6) is 1.76. The minimum absolute atomic E-state index is 0. The van der Waals surface area contributed by atoms with E-state index in [0.29, 0.717) is 23.4 Å². The van der Waals surface area contributed by atoms with Gasteiger partial charge in [0.15, 0.2) is 5.96 Å². The molecule has 114 valence electrons. The molecule has 0 fully saturated rings. The summed E-state index contributed by atoms with van der Waals surface area (Å²) in [6.45, 7) is 5.66. The number of hydrogen-bond donors (Lipinski definition) is 2. The molecule has 0 aliphatic carbocycles. The van der Waals surface area contributed by atoms with Crippen LogP contribution in [0.25, 0.3) is 0 Å². The normalized spacial score (nSPS) is 11.2. The quantitative estimate of drug-likeness (QED) is 0.430. The van der Waals surface area contributed by atoms with E-state index in [0.717, 1.165) is 24.3 Å². The van der Waals surface area contributed by atoms with E-state index < -0.39 is 0 Å². The molecule has 1 aromatic rings. The molecule has 0 radical (unpaired) electrons. The molecule has 0 amide bonds. The zero-order valence-electron chi connectivity index (χ0n) is 12.1. The van der Waals surface area contributed by atoms with Crippen molar-refractivity contribution in [1.29, 1.82) is 0 Å². The van der Waals surface area contributed by atoms with Gasteiger partial charge < -0.3 is 15.8 Å². The second-order valence-corrected chi connectivity index (χ2v) is 5.16. The maximum absolute atomic E-state index is 6.16. The fourth-order valence-electron chi connectivity index (χ4n) is 1.52. The third-order valence-corrected chi connectivity index (χ3v) is 2.94. The van der Waals surface area contributed by atoms with E-state index in [1.165, 1.54) is 0 Å². The third-order valence-electron chi connectivity index (χ3n) is 2.59. The van der Waals surface area contributed by atoms with Crippen LogP contribution in [-0.4, -0.2) is 26.2 Å². The van der Waals surface area contributed by atoms with Gasteiger partial charge in [0.1, 0.15) is 5.75 Å². The molecule has 0 bridgehead atoms. The summed E-state index contributed by atoms with van der Waals surface area (Å²) in [6, 6.07) is 5.68. The summed E-state index contributed by atoms with van der Waals surface area (Å²) in [6.07, 6.45) is 0.792. The van der Waals surface area contributed by atoms with Gasteiger partial charge in [-0.2, -0.15) is 0 Å². The second-order valence-electron chi connectivity index (χ2n) is 4.75. The maximum Gasteiger partial charge on any atom is 0.188 e. The van der Waals surface area contributed by atoms with Crippen LogP contribution in [0.15, 0.2) is 23.2 Å². The zero-order chi connectivity index (χ0) is 14.3. The molecular formula is C14H23ClIN3O. The average molecular weight is 412 g/mol. The minimum Gasteiger partial charge on any atom is -0.497 e. The van der Waals surface area contributed by atoms with Crippen LogP contribution in [0.5, 0.6) is 5.75 Å². The number of ether oxygens (including phenoxy) is 1. The van der Waals surface area contributed by atoms with Gasteiger partial charge in [0.05, 0.1) is 7.11 Å². The van der Waals surface area contributed by atoms with Crippen LogP contribution < -0.4 is 15.8 Å². The largest absolute Gasteiger partial charge is 0.497 e. The summed E-state index contributed by atoms with van der Waals surface area (Å²) in [7, 11) is 1.62. The molecule has 3 N–H and O–H groups in total. The number of methoxy groups -OCH3 is 1. The van der Waals surface area contributed by atoms with E-state index in [4.69, 9.17) is 22.1 Å². The number of nitrogens with zero attached hydrogens (tertiary/aromatic N) is 1. The highest BCUT2D eigenvalue weighted by molar-refractivity contribution is 14.0. The number of nitrogens with one attached hydrogen (secondary N) is 1. The summed E-state index contributed by atoms with van der Waals surface area (Å²) >= 11 is 6.16. The lowest BCUT2D eigenvalue weighted by molar-refractivity contribution is 0.414. The molecule has 0 spiro atoms. The number of aliphatic imine (C=N–C) groups is 1. The lowest BCUT2D eigenvalue weighted by Crippen LogP contribution is -2.33. The standard InChI is InChI=1S/C14H22ClN3O.HI/c1-10(2)9-18-14(16)17-7-6-11-4-5-12(19-3)8-13(11)15;/h4-5,8,10H,6-7,9H2,1-3H3,(H3,16,17,18);1H. The van der Waals surface area contributed by atoms with Crippen LogP contribution in [-0.2, 0) is 6.42 Å². The van der Waals surface area contributed by atoms with Crippen molar-refractivity contribution in [3.63, 3.8) is 0 Å². The lowest BCUT2D eigenvalue weighted by atomic mass is 10.1. The predicted octanol–water partition coefficient (Wildman–Crippen LogP) is 3.07. The zero-order valence-corrected chi connectivity index (χ0v) is 15.2. The van der Waals surface area contributed by atoms with Crippen molar-refractivity contribution in [2.24, 2.45) is 16.6 Å². The van der Waals surface area contributed by atoms with Crippen molar-refractivity contribution in [2.45, 2.75) is 20.3 Å². The molecule has 4 nitrogen and oxygen atoms in total. The van der Waals surface area contributed by atoms with Gasteiger partial charge in [-0.15, -0.1) is 24.0 Å². The first-order valence-electron chi connectivity index (χ1n) is 6.39. The fourth-order valence-corrected chi connectivity index (χ4v) is 1.78. The Morgan fingerprint density at radius 3 is 2.70 bits per heavy atom. The second kappa shape index (κ2) is 10.1. The number of rotatable bonds is 6. The van der Waals surface area contributed by atoms with Crippen molar-refractivity contribution in [3.8, 4) is 5.75 Å². The van der Waals surface area contributed by atoms with Gasteiger partial charge >= 0.3 is 0 Å². The number of guanidine groups is 1. The Bertz CT molecular complexity index is 438. The minimum atomic E-state index is 0. The van der Waals surface area contributed by atoms with Crippen molar-refractivity contribution in [3.05, 3.63) is 28.8 Å².